The van der Waals surface area contributed by atoms with Crippen molar-refractivity contribution in [3.05, 3.63) is 24.3 Å². The standard InChI is InChI=1S/C21H31N3O6S/c1-29-17-4-6-18(7-5-17)30-19-8-12-24(13-9-19)31(27,28)21(20(25)22-26)10-14-23(15-11-21)16-2-3-16/h4-7,16,19,26H,2-3,8-15H2,1H3,(H,22,25). The van der Waals surface area contributed by atoms with E-state index in [0.29, 0.717) is 37.7 Å². The van der Waals surface area contributed by atoms with Crippen molar-refractivity contribution < 1.29 is 27.9 Å². The lowest BCUT2D eigenvalue weighted by atomic mass is 9.95. The molecule has 0 bridgehead atoms. The highest BCUT2D eigenvalue weighted by Gasteiger charge is 2.56. The molecule has 0 radical (unpaired) electrons. The monoisotopic (exact) mass is 453 g/mol. The van der Waals surface area contributed by atoms with Gasteiger partial charge in [0.1, 0.15) is 17.6 Å². The van der Waals surface area contributed by atoms with E-state index >= 15 is 0 Å². The van der Waals surface area contributed by atoms with Crippen LogP contribution >= 0.6 is 0 Å². The largest absolute Gasteiger partial charge is 0.497 e. The summed E-state index contributed by atoms with van der Waals surface area (Å²) in [5.74, 6) is 0.638. The first-order valence-corrected chi connectivity index (χ1v) is 12.3. The molecular weight excluding hydrogens is 422 g/mol. The van der Waals surface area contributed by atoms with Crippen LogP contribution in [-0.2, 0) is 14.8 Å². The summed E-state index contributed by atoms with van der Waals surface area (Å²) in [7, 11) is -2.33. The minimum Gasteiger partial charge on any atom is -0.497 e. The van der Waals surface area contributed by atoms with Crippen LogP contribution in [0.15, 0.2) is 24.3 Å². The maximum Gasteiger partial charge on any atom is 0.266 e. The molecule has 0 atom stereocenters. The number of carbonyl (C=O) groups is 1. The first kappa shape index (κ1) is 22.3. The van der Waals surface area contributed by atoms with Gasteiger partial charge in [-0.25, -0.2) is 18.2 Å². The van der Waals surface area contributed by atoms with E-state index in [0.717, 1.165) is 18.6 Å². The van der Waals surface area contributed by atoms with E-state index in [-0.39, 0.29) is 32.0 Å². The van der Waals surface area contributed by atoms with Gasteiger partial charge >= 0.3 is 0 Å². The second-order valence-electron chi connectivity index (χ2n) is 8.60. The first-order valence-electron chi connectivity index (χ1n) is 10.9. The predicted octanol–water partition coefficient (Wildman–Crippen LogP) is 1.37. The van der Waals surface area contributed by atoms with Gasteiger partial charge in [-0.2, -0.15) is 0 Å². The minimum absolute atomic E-state index is 0.0980. The number of nitrogens with one attached hydrogen (secondary N) is 1. The third-order valence-corrected chi connectivity index (χ3v) is 9.41. The Morgan fingerprint density at radius 2 is 1.61 bits per heavy atom. The summed E-state index contributed by atoms with van der Waals surface area (Å²) in [5.41, 5.74) is 1.63. The zero-order valence-corrected chi connectivity index (χ0v) is 18.6. The topological polar surface area (TPSA) is 108 Å². The van der Waals surface area contributed by atoms with Gasteiger partial charge in [0.15, 0.2) is 4.75 Å². The van der Waals surface area contributed by atoms with Crippen LogP contribution in [0.4, 0.5) is 0 Å². The molecule has 4 rings (SSSR count). The molecule has 0 unspecified atom stereocenters. The molecule has 31 heavy (non-hydrogen) atoms. The van der Waals surface area contributed by atoms with Crippen LogP contribution in [0, 0.1) is 0 Å². The molecule has 1 aromatic rings. The fourth-order valence-corrected chi connectivity index (χ4v) is 6.84. The molecule has 1 aromatic carbocycles. The van der Waals surface area contributed by atoms with Gasteiger partial charge in [0, 0.05) is 32.2 Å². The van der Waals surface area contributed by atoms with E-state index in [1.807, 2.05) is 24.3 Å². The number of benzene rings is 1. The number of hydrogen-bond donors (Lipinski definition) is 2. The lowest BCUT2D eigenvalue weighted by molar-refractivity contribution is -0.133. The number of hydroxylamine groups is 1. The Hall–Kier alpha value is -1.88. The number of amides is 1. The number of piperidine rings is 2. The number of nitrogens with zero attached hydrogens (tertiary/aromatic N) is 2. The summed E-state index contributed by atoms with van der Waals surface area (Å²) in [5, 5.41) is 9.32. The summed E-state index contributed by atoms with van der Waals surface area (Å²) in [6.07, 6.45) is 3.63. The molecule has 0 aromatic heterocycles. The van der Waals surface area contributed by atoms with Gasteiger partial charge in [0.05, 0.1) is 7.11 Å². The molecule has 0 spiro atoms. The van der Waals surface area contributed by atoms with Crippen molar-refractivity contribution in [2.45, 2.75) is 55.4 Å². The fraction of sp³-hybridized carbons (Fsp3) is 0.667. The van der Waals surface area contributed by atoms with Crippen molar-refractivity contribution in [2.75, 3.05) is 33.3 Å². The third kappa shape index (κ3) is 4.39. The average molecular weight is 454 g/mol. The molecule has 3 fully saturated rings. The minimum atomic E-state index is -3.93. The van der Waals surface area contributed by atoms with Crippen molar-refractivity contribution in [1.82, 2.24) is 14.7 Å². The highest BCUT2D eigenvalue weighted by atomic mass is 32.2. The van der Waals surface area contributed by atoms with Crippen molar-refractivity contribution >= 4 is 15.9 Å². The Bertz CT molecular complexity index is 871. The van der Waals surface area contributed by atoms with Crippen LogP contribution in [0.1, 0.15) is 38.5 Å². The third-order valence-electron chi connectivity index (χ3n) is 6.78. The highest BCUT2D eigenvalue weighted by Crippen LogP contribution is 2.38. The number of sulfonamides is 1. The van der Waals surface area contributed by atoms with Gasteiger partial charge in [-0.3, -0.25) is 10.0 Å². The Kier molecular flexibility index (Phi) is 6.43. The summed E-state index contributed by atoms with van der Waals surface area (Å²) in [4.78, 5) is 14.9. The van der Waals surface area contributed by atoms with Crippen LogP contribution < -0.4 is 15.0 Å². The summed E-state index contributed by atoms with van der Waals surface area (Å²) in [6.45, 7) is 1.68. The van der Waals surface area contributed by atoms with E-state index in [1.54, 1.807) is 12.6 Å². The van der Waals surface area contributed by atoms with Crippen molar-refractivity contribution in [2.24, 2.45) is 0 Å². The zero-order valence-electron chi connectivity index (χ0n) is 17.8. The van der Waals surface area contributed by atoms with Crippen LogP contribution in [0.2, 0.25) is 0 Å². The van der Waals surface area contributed by atoms with Gasteiger partial charge in [0.2, 0.25) is 10.0 Å². The normalized spacial score (nSPS) is 23.3. The van der Waals surface area contributed by atoms with Gasteiger partial charge < -0.3 is 14.4 Å². The number of carbonyl (C=O) groups excluding carboxylic acids is 1. The number of rotatable bonds is 7. The van der Waals surface area contributed by atoms with E-state index in [9.17, 15) is 18.4 Å². The smallest absolute Gasteiger partial charge is 0.266 e. The van der Waals surface area contributed by atoms with Crippen molar-refractivity contribution in [1.29, 1.82) is 0 Å². The van der Waals surface area contributed by atoms with E-state index in [4.69, 9.17) is 9.47 Å². The molecular formula is C21H31N3O6S. The summed E-state index contributed by atoms with van der Waals surface area (Å²) < 4.78 is 38.1. The van der Waals surface area contributed by atoms with Gasteiger partial charge in [0.25, 0.3) is 5.91 Å². The number of hydrogen-bond acceptors (Lipinski definition) is 7. The second kappa shape index (κ2) is 8.93. The van der Waals surface area contributed by atoms with Crippen molar-refractivity contribution in [3.63, 3.8) is 0 Å². The Labute approximate surface area is 183 Å². The van der Waals surface area contributed by atoms with Gasteiger partial charge in [-0.15, -0.1) is 0 Å². The van der Waals surface area contributed by atoms with E-state index in [1.165, 1.54) is 4.31 Å². The zero-order chi connectivity index (χ0) is 22.1. The van der Waals surface area contributed by atoms with E-state index in [2.05, 4.69) is 4.90 Å². The number of ether oxygens (including phenoxy) is 2. The molecule has 10 heteroatoms. The Balaban J connectivity index is 1.41. The molecule has 2 heterocycles. The maximum absolute atomic E-state index is 13.6. The SMILES string of the molecule is COc1ccc(OC2CCN(S(=O)(=O)C3(C(=O)NO)CCN(C4CC4)CC3)CC2)cc1. The van der Waals surface area contributed by atoms with Crippen LogP contribution in [0.25, 0.3) is 0 Å². The van der Waals surface area contributed by atoms with Crippen LogP contribution in [-0.4, -0.2) is 78.9 Å². The molecule has 9 nitrogen and oxygen atoms in total. The second-order valence-corrected chi connectivity index (χ2v) is 10.8. The molecule has 1 saturated carbocycles. The summed E-state index contributed by atoms with van der Waals surface area (Å²) in [6, 6.07) is 7.82. The summed E-state index contributed by atoms with van der Waals surface area (Å²) >= 11 is 0. The fourth-order valence-electron chi connectivity index (χ4n) is 4.68. The molecule has 3 aliphatic rings. The molecule has 1 aliphatic carbocycles. The number of methoxy groups -OCH3 is 1. The molecule has 1 amide bonds. The van der Waals surface area contributed by atoms with E-state index < -0.39 is 20.7 Å². The molecule has 2 saturated heterocycles. The van der Waals surface area contributed by atoms with Crippen molar-refractivity contribution in [3.8, 4) is 11.5 Å². The molecule has 172 valence electrons. The quantitative estimate of drug-likeness (QED) is 0.474. The van der Waals surface area contributed by atoms with Gasteiger partial charge in [-0.1, -0.05) is 0 Å². The average Bonchev–Trinajstić information content (AvgIpc) is 3.65. The first-order chi connectivity index (χ1) is 14.9. The lowest BCUT2D eigenvalue weighted by Gasteiger charge is -2.43. The lowest BCUT2D eigenvalue weighted by Crippen LogP contribution is -2.62. The Morgan fingerprint density at radius 3 is 2.13 bits per heavy atom. The van der Waals surface area contributed by atoms with Crippen LogP contribution in [0.5, 0.6) is 11.5 Å². The maximum atomic E-state index is 13.6. The number of likely N-dealkylation sites (tertiary alicyclic amines) is 1. The predicted molar refractivity (Wildman–Crippen MR) is 114 cm³/mol. The highest BCUT2D eigenvalue weighted by molar-refractivity contribution is 7.91. The van der Waals surface area contributed by atoms with Crippen LogP contribution in [0.3, 0.4) is 0 Å². The molecule has 2 aliphatic heterocycles. The Morgan fingerprint density at radius 1 is 1.03 bits per heavy atom. The van der Waals surface area contributed by atoms with Gasteiger partial charge in [-0.05, 0) is 62.8 Å². The molecule has 2 N–H and O–H groups in total.